The zero-order valence-electron chi connectivity index (χ0n) is 9.75. The van der Waals surface area contributed by atoms with Crippen LogP contribution in [0.1, 0.15) is 28.8 Å². The average Bonchev–Trinajstić information content (AvgIpc) is 3.13. The molecule has 0 atom stereocenters. The molecule has 0 saturated heterocycles. The topological polar surface area (TPSA) is 20.3 Å². The van der Waals surface area contributed by atoms with E-state index in [2.05, 4.69) is 31.9 Å². The molecular weight excluding hydrogens is 346 g/mol. The highest BCUT2D eigenvalue weighted by Crippen LogP contribution is 2.29. The second-order valence-corrected chi connectivity index (χ2v) is 6.03. The second-order valence-electron chi connectivity index (χ2n) is 4.38. The van der Waals surface area contributed by atoms with Crippen LogP contribution in [-0.4, -0.2) is 28.7 Å². The van der Waals surface area contributed by atoms with Crippen LogP contribution in [0.4, 0.5) is 0 Å². The van der Waals surface area contributed by atoms with E-state index in [4.69, 9.17) is 0 Å². The van der Waals surface area contributed by atoms with Crippen molar-refractivity contribution in [2.45, 2.75) is 25.8 Å². The first kappa shape index (κ1) is 13.1. The van der Waals surface area contributed by atoms with Crippen molar-refractivity contribution in [1.29, 1.82) is 0 Å². The molecule has 2 rings (SSSR count). The Balaban J connectivity index is 2.19. The fourth-order valence-corrected chi connectivity index (χ4v) is 2.50. The van der Waals surface area contributed by atoms with Gasteiger partial charge in [-0.1, -0.05) is 31.9 Å². The first-order chi connectivity index (χ1) is 8.13. The summed E-state index contributed by atoms with van der Waals surface area (Å²) in [6.45, 7) is 2.80. The summed E-state index contributed by atoms with van der Waals surface area (Å²) in [5.41, 5.74) is 1.89. The number of hydrogen-bond acceptors (Lipinski definition) is 1. The lowest BCUT2D eigenvalue weighted by Gasteiger charge is -2.21. The lowest BCUT2D eigenvalue weighted by Crippen LogP contribution is -2.34. The van der Waals surface area contributed by atoms with Gasteiger partial charge in [0.2, 0.25) is 0 Å². The largest absolute Gasteiger partial charge is 0.335 e. The number of hydrogen-bond donors (Lipinski definition) is 0. The number of carbonyl (C=O) groups is 1. The molecule has 0 N–H and O–H groups in total. The average molecular weight is 361 g/mol. The zero-order valence-corrected chi connectivity index (χ0v) is 12.9. The Labute approximate surface area is 119 Å². The number of halogens is 2. The van der Waals surface area contributed by atoms with Crippen LogP contribution < -0.4 is 0 Å². The number of carbonyl (C=O) groups excluding carboxylic acids is 1. The number of alkyl halides is 1. The van der Waals surface area contributed by atoms with Crippen molar-refractivity contribution < 1.29 is 4.79 Å². The quantitative estimate of drug-likeness (QED) is 0.748. The summed E-state index contributed by atoms with van der Waals surface area (Å²) in [4.78, 5) is 14.4. The van der Waals surface area contributed by atoms with E-state index in [1.54, 1.807) is 0 Å². The van der Waals surface area contributed by atoms with Crippen LogP contribution in [0.15, 0.2) is 22.7 Å². The van der Waals surface area contributed by atoms with Gasteiger partial charge in [0.25, 0.3) is 5.91 Å². The van der Waals surface area contributed by atoms with Crippen LogP contribution in [0.3, 0.4) is 0 Å². The van der Waals surface area contributed by atoms with Gasteiger partial charge in [-0.25, -0.2) is 0 Å². The summed E-state index contributed by atoms with van der Waals surface area (Å²) in [5, 5.41) is 0.838. The molecule has 0 heterocycles. The molecule has 1 aromatic carbocycles. The number of amides is 1. The molecule has 1 aromatic rings. The van der Waals surface area contributed by atoms with Crippen LogP contribution >= 0.6 is 31.9 Å². The molecular formula is C13H15Br2NO. The Hall–Kier alpha value is -0.350. The first-order valence-electron chi connectivity index (χ1n) is 5.76. The molecule has 0 unspecified atom stereocenters. The van der Waals surface area contributed by atoms with Gasteiger partial charge < -0.3 is 4.90 Å². The van der Waals surface area contributed by atoms with E-state index in [1.165, 1.54) is 0 Å². The Morgan fingerprint density at radius 1 is 1.47 bits per heavy atom. The van der Waals surface area contributed by atoms with Gasteiger partial charge in [-0.2, -0.15) is 0 Å². The molecule has 1 aliphatic carbocycles. The van der Waals surface area contributed by atoms with Crippen LogP contribution in [-0.2, 0) is 0 Å². The van der Waals surface area contributed by atoms with E-state index in [0.29, 0.717) is 6.04 Å². The van der Waals surface area contributed by atoms with Crippen LogP contribution in [0.2, 0.25) is 0 Å². The molecule has 0 spiro atoms. The van der Waals surface area contributed by atoms with Crippen molar-refractivity contribution in [2.24, 2.45) is 0 Å². The molecule has 4 heteroatoms. The molecule has 0 aromatic heterocycles. The van der Waals surface area contributed by atoms with Gasteiger partial charge >= 0.3 is 0 Å². The number of aryl methyl sites for hydroxylation is 1. The minimum atomic E-state index is 0.155. The van der Waals surface area contributed by atoms with E-state index >= 15 is 0 Å². The van der Waals surface area contributed by atoms with Crippen molar-refractivity contribution in [3.05, 3.63) is 33.8 Å². The highest BCUT2D eigenvalue weighted by atomic mass is 79.9. The van der Waals surface area contributed by atoms with Gasteiger partial charge in [-0.15, -0.1) is 0 Å². The maximum absolute atomic E-state index is 12.4. The molecule has 0 bridgehead atoms. The minimum Gasteiger partial charge on any atom is -0.335 e. The summed E-state index contributed by atoms with van der Waals surface area (Å²) in [6.07, 6.45) is 2.29. The Morgan fingerprint density at radius 2 is 2.18 bits per heavy atom. The van der Waals surface area contributed by atoms with Gasteiger partial charge in [0, 0.05) is 28.0 Å². The van der Waals surface area contributed by atoms with Gasteiger partial charge in [0.1, 0.15) is 0 Å². The number of nitrogens with zero attached hydrogens (tertiary/aromatic N) is 1. The van der Waals surface area contributed by atoms with Crippen LogP contribution in [0, 0.1) is 6.92 Å². The Morgan fingerprint density at radius 3 is 2.71 bits per heavy atom. The van der Waals surface area contributed by atoms with E-state index in [1.807, 2.05) is 30.0 Å². The van der Waals surface area contributed by atoms with Crippen molar-refractivity contribution in [3.8, 4) is 0 Å². The molecule has 0 radical (unpaired) electrons. The normalized spacial score (nSPS) is 14.8. The van der Waals surface area contributed by atoms with Gasteiger partial charge in [0.05, 0.1) is 0 Å². The standard InChI is InChI=1S/C13H15Br2NO/c1-9-8-10(2-5-12(9)15)13(17)16(7-6-14)11-3-4-11/h2,5,8,11H,3-4,6-7H2,1H3. The molecule has 92 valence electrons. The molecule has 17 heavy (non-hydrogen) atoms. The second kappa shape index (κ2) is 5.53. The highest BCUT2D eigenvalue weighted by molar-refractivity contribution is 9.10. The molecule has 1 aliphatic rings. The SMILES string of the molecule is Cc1cc(C(=O)N(CCBr)C2CC2)ccc1Br. The number of rotatable bonds is 4. The summed E-state index contributed by atoms with van der Waals surface area (Å²) in [7, 11) is 0. The highest BCUT2D eigenvalue weighted by Gasteiger charge is 2.32. The monoisotopic (exact) mass is 359 g/mol. The first-order valence-corrected chi connectivity index (χ1v) is 7.68. The summed E-state index contributed by atoms with van der Waals surface area (Å²) < 4.78 is 1.05. The summed E-state index contributed by atoms with van der Waals surface area (Å²) >= 11 is 6.87. The molecule has 1 amide bonds. The van der Waals surface area contributed by atoms with Crippen molar-refractivity contribution in [3.63, 3.8) is 0 Å². The van der Waals surface area contributed by atoms with Crippen LogP contribution in [0.5, 0.6) is 0 Å². The fourth-order valence-electron chi connectivity index (χ4n) is 1.87. The van der Waals surface area contributed by atoms with Crippen LogP contribution in [0.25, 0.3) is 0 Å². The summed E-state index contributed by atoms with van der Waals surface area (Å²) in [5.74, 6) is 0.155. The van der Waals surface area contributed by atoms with Crippen molar-refractivity contribution in [1.82, 2.24) is 4.90 Å². The zero-order chi connectivity index (χ0) is 12.4. The number of benzene rings is 1. The van der Waals surface area contributed by atoms with Gasteiger partial charge in [0.15, 0.2) is 0 Å². The van der Waals surface area contributed by atoms with E-state index < -0.39 is 0 Å². The fraction of sp³-hybridized carbons (Fsp3) is 0.462. The third-order valence-corrected chi connectivity index (χ3v) is 4.22. The predicted octanol–water partition coefficient (Wildman–Crippen LogP) is 3.76. The maximum atomic E-state index is 12.4. The van der Waals surface area contributed by atoms with E-state index in [9.17, 15) is 4.79 Å². The van der Waals surface area contributed by atoms with Crippen molar-refractivity contribution in [2.75, 3.05) is 11.9 Å². The van der Waals surface area contributed by atoms with Crippen molar-refractivity contribution >= 4 is 37.8 Å². The Kier molecular flexibility index (Phi) is 4.26. The van der Waals surface area contributed by atoms with Gasteiger partial charge in [-0.05, 0) is 43.5 Å². The lowest BCUT2D eigenvalue weighted by atomic mass is 10.1. The van der Waals surface area contributed by atoms with E-state index in [-0.39, 0.29) is 5.91 Å². The minimum absolute atomic E-state index is 0.155. The van der Waals surface area contributed by atoms with Gasteiger partial charge in [-0.3, -0.25) is 4.79 Å². The lowest BCUT2D eigenvalue weighted by molar-refractivity contribution is 0.0754. The molecule has 2 nitrogen and oxygen atoms in total. The smallest absolute Gasteiger partial charge is 0.254 e. The third kappa shape index (κ3) is 3.10. The summed E-state index contributed by atoms with van der Waals surface area (Å²) in [6, 6.07) is 6.25. The third-order valence-electron chi connectivity index (χ3n) is 2.98. The molecule has 0 aliphatic heterocycles. The molecule has 1 fully saturated rings. The molecule has 1 saturated carbocycles. The predicted molar refractivity (Wildman–Crippen MR) is 76.7 cm³/mol. The van der Waals surface area contributed by atoms with E-state index in [0.717, 1.165) is 40.3 Å². The maximum Gasteiger partial charge on any atom is 0.254 e. The Bertz CT molecular complexity index is 429.